The maximum absolute atomic E-state index is 13.3. The molecule has 0 radical (unpaired) electrons. The van der Waals surface area contributed by atoms with E-state index in [9.17, 15) is 19.1 Å². The maximum atomic E-state index is 13.3. The summed E-state index contributed by atoms with van der Waals surface area (Å²) in [5, 5.41) is 16.9. The number of benzene rings is 1. The van der Waals surface area contributed by atoms with Gasteiger partial charge in [0.1, 0.15) is 24.0 Å². The van der Waals surface area contributed by atoms with Crippen LogP contribution in [-0.4, -0.2) is 57.1 Å². The Labute approximate surface area is 206 Å². The highest BCUT2D eigenvalue weighted by atomic mass is 19.1. The van der Waals surface area contributed by atoms with E-state index in [1.165, 1.54) is 23.4 Å². The summed E-state index contributed by atoms with van der Waals surface area (Å²) in [7, 11) is 1.60. The van der Waals surface area contributed by atoms with Gasteiger partial charge in [-0.05, 0) is 55.2 Å². The average Bonchev–Trinajstić information content (AvgIpc) is 3.28. The van der Waals surface area contributed by atoms with Crippen molar-refractivity contribution < 1.29 is 23.8 Å². The van der Waals surface area contributed by atoms with Gasteiger partial charge >= 0.3 is 6.03 Å². The number of nitrogens with zero attached hydrogens (tertiary/aromatic N) is 4. The number of hydrogen-bond acceptors (Lipinski definition) is 6. The molecule has 2 aliphatic rings. The Bertz CT molecular complexity index is 1390. The number of carbonyl (C=O) groups excluding carboxylic acids is 2. The van der Waals surface area contributed by atoms with Crippen molar-refractivity contribution in [3.8, 4) is 17.6 Å². The van der Waals surface area contributed by atoms with E-state index in [0.717, 1.165) is 11.1 Å². The highest BCUT2D eigenvalue weighted by molar-refractivity contribution is 6.00. The summed E-state index contributed by atoms with van der Waals surface area (Å²) in [5.41, 5.74) is 1.41. The van der Waals surface area contributed by atoms with Gasteiger partial charge in [-0.3, -0.25) is 4.79 Å². The first-order valence-corrected chi connectivity index (χ1v) is 11.6. The van der Waals surface area contributed by atoms with Crippen LogP contribution in [0.2, 0.25) is 0 Å². The average molecular weight is 490 g/mol. The monoisotopic (exact) mass is 489 g/mol. The second-order valence-corrected chi connectivity index (χ2v) is 8.95. The number of pyridine rings is 1. The van der Waals surface area contributed by atoms with Gasteiger partial charge in [0.15, 0.2) is 0 Å². The van der Waals surface area contributed by atoms with E-state index in [-0.39, 0.29) is 12.5 Å². The van der Waals surface area contributed by atoms with Crippen molar-refractivity contribution in [1.29, 1.82) is 0 Å². The lowest BCUT2D eigenvalue weighted by Gasteiger charge is -2.30. The molecule has 3 aromatic rings. The molecule has 0 unspecified atom stereocenters. The van der Waals surface area contributed by atoms with Crippen LogP contribution in [0.3, 0.4) is 0 Å². The number of likely N-dealkylation sites (N-methyl/N-ethyl adjacent to an activating group) is 1. The van der Waals surface area contributed by atoms with Gasteiger partial charge in [-0.15, -0.1) is 0 Å². The van der Waals surface area contributed by atoms with Crippen LogP contribution < -0.4 is 15.0 Å². The lowest BCUT2D eigenvalue weighted by molar-refractivity contribution is -0.120. The third kappa shape index (κ3) is 4.92. The molecule has 2 N–H and O–H groups in total. The van der Waals surface area contributed by atoms with Crippen molar-refractivity contribution in [2.75, 3.05) is 18.6 Å². The third-order valence-corrected chi connectivity index (χ3v) is 6.27. The molecule has 1 aliphatic carbocycles. The number of rotatable bonds is 3. The molecule has 9 nitrogen and oxygen atoms in total. The lowest BCUT2D eigenvalue weighted by atomic mass is 9.81. The number of ether oxygens (including phenoxy) is 1. The van der Waals surface area contributed by atoms with Crippen molar-refractivity contribution in [2.24, 2.45) is 0 Å². The highest BCUT2D eigenvalue weighted by Crippen LogP contribution is 2.33. The van der Waals surface area contributed by atoms with E-state index in [1.54, 1.807) is 37.4 Å². The van der Waals surface area contributed by atoms with Crippen molar-refractivity contribution in [3.05, 3.63) is 71.6 Å². The highest BCUT2D eigenvalue weighted by Gasteiger charge is 2.33. The van der Waals surface area contributed by atoms with E-state index in [4.69, 9.17) is 4.74 Å². The number of halogens is 1. The molecule has 1 fully saturated rings. The van der Waals surface area contributed by atoms with Crippen LogP contribution in [-0.2, 0) is 11.2 Å². The lowest BCUT2D eigenvalue weighted by Crippen LogP contribution is -2.50. The number of fused-ring (bicyclic) bond motifs is 1. The topological polar surface area (TPSA) is 110 Å². The molecule has 0 saturated heterocycles. The summed E-state index contributed by atoms with van der Waals surface area (Å²) in [5.74, 6) is 5.43. The minimum absolute atomic E-state index is 0.0615. The summed E-state index contributed by atoms with van der Waals surface area (Å²) >= 11 is 0. The van der Waals surface area contributed by atoms with Gasteiger partial charge in [-0.1, -0.05) is 17.9 Å². The summed E-state index contributed by atoms with van der Waals surface area (Å²) < 4.78 is 20.2. The molecule has 0 bridgehead atoms. The molecule has 5 rings (SSSR count). The van der Waals surface area contributed by atoms with Gasteiger partial charge in [0, 0.05) is 30.9 Å². The fourth-order valence-corrected chi connectivity index (χ4v) is 4.04. The third-order valence-electron chi connectivity index (χ3n) is 6.27. The fourth-order valence-electron chi connectivity index (χ4n) is 4.04. The number of aromatic nitrogens is 3. The SMILES string of the molecule is CN1C(=O)[C@H](NC(=O)n2cc(Cc3cccc(F)n3)cn2)COc2ccc(C#CC3(O)CCC3)cc21. The minimum Gasteiger partial charge on any atom is -0.489 e. The molecule has 36 heavy (non-hydrogen) atoms. The fraction of sp³-hybridized carbons (Fsp3) is 0.308. The van der Waals surface area contributed by atoms with Gasteiger partial charge < -0.3 is 20.1 Å². The minimum atomic E-state index is -0.947. The van der Waals surface area contributed by atoms with Gasteiger partial charge in [-0.2, -0.15) is 14.2 Å². The number of nitrogens with one attached hydrogen (secondary N) is 1. The first kappa shape index (κ1) is 23.5. The van der Waals surface area contributed by atoms with Crippen LogP contribution in [0.4, 0.5) is 14.9 Å². The number of anilines is 1. The van der Waals surface area contributed by atoms with Gasteiger partial charge in [-0.25, -0.2) is 9.78 Å². The Morgan fingerprint density at radius 1 is 1.33 bits per heavy atom. The number of aliphatic hydroxyl groups is 1. The Balaban J connectivity index is 1.26. The Morgan fingerprint density at radius 3 is 2.92 bits per heavy atom. The zero-order chi connectivity index (χ0) is 25.3. The molecule has 0 spiro atoms. The van der Waals surface area contributed by atoms with E-state index in [0.29, 0.717) is 47.5 Å². The second kappa shape index (κ2) is 9.43. The number of carbonyl (C=O) groups is 2. The Hall–Kier alpha value is -4.23. The van der Waals surface area contributed by atoms with Crippen LogP contribution in [0.15, 0.2) is 48.8 Å². The molecular weight excluding hydrogens is 465 g/mol. The second-order valence-electron chi connectivity index (χ2n) is 8.95. The molecule has 1 aliphatic heterocycles. The molecule has 10 heteroatoms. The molecule has 1 atom stereocenters. The smallest absolute Gasteiger partial charge is 0.342 e. The first-order chi connectivity index (χ1) is 17.3. The first-order valence-electron chi connectivity index (χ1n) is 11.6. The predicted octanol–water partition coefficient (Wildman–Crippen LogP) is 2.26. The van der Waals surface area contributed by atoms with Crippen LogP contribution in [0.25, 0.3) is 0 Å². The zero-order valence-corrected chi connectivity index (χ0v) is 19.6. The summed E-state index contributed by atoms with van der Waals surface area (Å²) in [6, 6.07) is 8.17. The maximum Gasteiger partial charge on any atom is 0.342 e. The van der Waals surface area contributed by atoms with Crippen molar-refractivity contribution in [3.63, 3.8) is 0 Å². The number of amides is 2. The van der Waals surface area contributed by atoms with Crippen molar-refractivity contribution >= 4 is 17.6 Å². The quantitative estimate of drug-likeness (QED) is 0.432. The molecule has 1 aromatic carbocycles. The summed E-state index contributed by atoms with van der Waals surface area (Å²) in [4.78, 5) is 31.1. The van der Waals surface area contributed by atoms with Gasteiger partial charge in [0.05, 0.1) is 11.9 Å². The van der Waals surface area contributed by atoms with Gasteiger partial charge in [0.25, 0.3) is 5.91 Å². The standard InChI is InChI=1S/C26H24FN5O4/c1-31-21-13-17(8-11-26(35)9-3-10-26)6-7-22(21)36-16-20(24(31)33)30-25(34)32-15-18(14-28-32)12-19-4-2-5-23(27)29-19/h2,4-7,13-15,20,35H,3,9-10,12,16H2,1H3,(H,30,34)/t20-/m1/s1. The largest absolute Gasteiger partial charge is 0.489 e. The normalized spacial score (nSPS) is 18.1. The summed E-state index contributed by atoms with van der Waals surface area (Å²) in [6.45, 7) is -0.0615. The Kier molecular flexibility index (Phi) is 6.16. The molecular formula is C26H24FN5O4. The van der Waals surface area contributed by atoms with Gasteiger partial charge in [0.2, 0.25) is 5.95 Å². The van der Waals surface area contributed by atoms with Crippen molar-refractivity contribution in [1.82, 2.24) is 20.1 Å². The van der Waals surface area contributed by atoms with Crippen LogP contribution in [0, 0.1) is 17.8 Å². The van der Waals surface area contributed by atoms with Crippen LogP contribution >= 0.6 is 0 Å². The van der Waals surface area contributed by atoms with E-state index in [2.05, 4.69) is 27.2 Å². The van der Waals surface area contributed by atoms with Crippen molar-refractivity contribution in [2.45, 2.75) is 37.3 Å². The molecule has 3 heterocycles. The summed E-state index contributed by atoms with van der Waals surface area (Å²) in [6.07, 6.45) is 5.57. The Morgan fingerprint density at radius 2 is 2.17 bits per heavy atom. The van der Waals surface area contributed by atoms with Crippen LogP contribution in [0.5, 0.6) is 5.75 Å². The molecule has 2 aromatic heterocycles. The van der Waals surface area contributed by atoms with E-state index < -0.39 is 23.6 Å². The molecule has 2 amide bonds. The molecule has 1 saturated carbocycles. The zero-order valence-electron chi connectivity index (χ0n) is 19.6. The van der Waals surface area contributed by atoms with E-state index >= 15 is 0 Å². The van der Waals surface area contributed by atoms with E-state index in [1.807, 2.05) is 0 Å². The predicted molar refractivity (Wildman–Crippen MR) is 128 cm³/mol. The van der Waals surface area contributed by atoms with Crippen LogP contribution in [0.1, 0.15) is 36.1 Å². The molecule has 184 valence electrons. The number of hydrogen-bond donors (Lipinski definition) is 2.